The molecule has 1 aliphatic carbocycles. The molecule has 7 nitrogen and oxygen atoms in total. The second kappa shape index (κ2) is 8.72. The molecule has 2 amide bonds. The largest absolute Gasteiger partial charge is 0.348 e. The van der Waals surface area contributed by atoms with Crippen LogP contribution in [0.25, 0.3) is 0 Å². The van der Waals surface area contributed by atoms with Crippen molar-refractivity contribution in [2.45, 2.75) is 56.2 Å². The highest BCUT2D eigenvalue weighted by atomic mass is 35.5. The van der Waals surface area contributed by atoms with Crippen molar-refractivity contribution in [1.29, 1.82) is 0 Å². The lowest BCUT2D eigenvalue weighted by atomic mass is 10.1. The van der Waals surface area contributed by atoms with E-state index in [1.807, 2.05) is 20.8 Å². The number of hydrogen-bond acceptors (Lipinski definition) is 4. The SMILES string of the molecule is CC(C)(C)S(=O)C1(CN2CCn3c(ccc(C(=O)NCc4ccc(Cl)cc4)c3=O)C2=O)CC1. The average Bonchev–Trinajstić information content (AvgIpc) is 3.55. The van der Waals surface area contributed by atoms with Crippen LogP contribution in [0, 0.1) is 0 Å². The molecule has 1 aromatic heterocycles. The fourth-order valence-electron chi connectivity index (χ4n) is 4.21. The van der Waals surface area contributed by atoms with Gasteiger partial charge in [-0.25, -0.2) is 0 Å². The highest BCUT2D eigenvalue weighted by Gasteiger charge is 2.53. The summed E-state index contributed by atoms with van der Waals surface area (Å²) in [6, 6.07) is 10.0. The summed E-state index contributed by atoms with van der Waals surface area (Å²) in [6.45, 7) is 7.20. The van der Waals surface area contributed by atoms with Crippen molar-refractivity contribution < 1.29 is 13.8 Å². The number of amides is 2. The molecule has 0 spiro atoms. The van der Waals surface area contributed by atoms with Crippen LogP contribution in [-0.2, 0) is 23.9 Å². The smallest absolute Gasteiger partial charge is 0.270 e. The molecule has 0 saturated heterocycles. The number of fused-ring (bicyclic) bond motifs is 1. The van der Waals surface area contributed by atoms with Gasteiger partial charge in [0.2, 0.25) is 0 Å². The van der Waals surface area contributed by atoms with E-state index in [1.165, 1.54) is 16.7 Å². The van der Waals surface area contributed by atoms with Crippen molar-refractivity contribution in [1.82, 2.24) is 14.8 Å². The first-order chi connectivity index (χ1) is 15.5. The van der Waals surface area contributed by atoms with Gasteiger partial charge in [-0.2, -0.15) is 0 Å². The highest BCUT2D eigenvalue weighted by molar-refractivity contribution is 7.88. The van der Waals surface area contributed by atoms with Gasteiger partial charge in [0.25, 0.3) is 17.4 Å². The maximum Gasteiger partial charge on any atom is 0.270 e. The van der Waals surface area contributed by atoms with E-state index in [9.17, 15) is 18.6 Å². The van der Waals surface area contributed by atoms with Gasteiger partial charge >= 0.3 is 0 Å². The molecule has 33 heavy (non-hydrogen) atoms. The van der Waals surface area contributed by atoms with Crippen LogP contribution in [0.4, 0.5) is 0 Å². The number of carbonyl (C=O) groups excluding carboxylic acids is 2. The Morgan fingerprint density at radius 1 is 1.09 bits per heavy atom. The number of hydrogen-bond donors (Lipinski definition) is 1. The first-order valence-corrected chi connectivity index (χ1v) is 12.5. The van der Waals surface area contributed by atoms with Crippen molar-refractivity contribution in [2.24, 2.45) is 0 Å². The van der Waals surface area contributed by atoms with Gasteiger partial charge < -0.3 is 14.8 Å². The van der Waals surface area contributed by atoms with E-state index >= 15 is 0 Å². The lowest BCUT2D eigenvalue weighted by molar-refractivity contribution is 0.0695. The maximum absolute atomic E-state index is 13.1. The van der Waals surface area contributed by atoms with Gasteiger partial charge in [-0.05, 0) is 63.4 Å². The number of nitrogens with one attached hydrogen (secondary N) is 1. The minimum Gasteiger partial charge on any atom is -0.348 e. The zero-order chi connectivity index (χ0) is 24.0. The molecule has 1 atom stereocenters. The number of benzene rings is 1. The third-order valence-electron chi connectivity index (χ3n) is 6.12. The molecule has 2 aromatic rings. The summed E-state index contributed by atoms with van der Waals surface area (Å²) in [6.07, 6.45) is 1.67. The van der Waals surface area contributed by atoms with Crippen molar-refractivity contribution in [3.8, 4) is 0 Å². The Kier molecular flexibility index (Phi) is 6.26. The topological polar surface area (TPSA) is 88.5 Å². The molecule has 176 valence electrons. The molecule has 1 aliphatic heterocycles. The van der Waals surface area contributed by atoms with E-state index in [-0.39, 0.29) is 33.2 Å². The van der Waals surface area contributed by atoms with Crippen molar-refractivity contribution in [3.05, 3.63) is 68.6 Å². The van der Waals surface area contributed by atoms with Crippen LogP contribution in [0.1, 0.15) is 60.0 Å². The monoisotopic (exact) mass is 489 g/mol. The Morgan fingerprint density at radius 2 is 1.76 bits per heavy atom. The van der Waals surface area contributed by atoms with Gasteiger partial charge in [-0.3, -0.25) is 18.6 Å². The highest BCUT2D eigenvalue weighted by Crippen LogP contribution is 2.46. The Bertz CT molecular complexity index is 1180. The molecule has 4 rings (SSSR count). The number of halogens is 1. The van der Waals surface area contributed by atoms with Crippen LogP contribution in [0.2, 0.25) is 5.02 Å². The number of pyridine rings is 1. The van der Waals surface area contributed by atoms with E-state index in [0.717, 1.165) is 18.4 Å². The Labute approximate surface area is 200 Å². The molecular formula is C24H28ClN3O4S. The molecule has 9 heteroatoms. The van der Waals surface area contributed by atoms with Gasteiger partial charge in [0.15, 0.2) is 0 Å². The lowest BCUT2D eigenvalue weighted by Crippen LogP contribution is -2.50. The zero-order valence-electron chi connectivity index (χ0n) is 19.0. The van der Waals surface area contributed by atoms with E-state index in [2.05, 4.69) is 5.32 Å². The predicted molar refractivity (Wildman–Crippen MR) is 129 cm³/mol. The van der Waals surface area contributed by atoms with Gasteiger partial charge in [-0.1, -0.05) is 23.7 Å². The average molecular weight is 490 g/mol. The van der Waals surface area contributed by atoms with E-state index in [1.54, 1.807) is 29.2 Å². The fourth-order valence-corrected chi connectivity index (χ4v) is 6.38. The summed E-state index contributed by atoms with van der Waals surface area (Å²) in [4.78, 5) is 40.4. The quantitative estimate of drug-likeness (QED) is 0.675. The van der Waals surface area contributed by atoms with Gasteiger partial charge in [0.1, 0.15) is 11.3 Å². The Morgan fingerprint density at radius 3 is 2.36 bits per heavy atom. The zero-order valence-corrected chi connectivity index (χ0v) is 20.6. The van der Waals surface area contributed by atoms with Crippen molar-refractivity contribution >= 4 is 34.2 Å². The standard InChI is InChI=1S/C24H28ClN3O4S/c1-23(2,3)33(32)24(10-11-24)15-27-12-13-28-19(22(27)31)9-8-18(21(28)30)20(29)26-14-16-4-6-17(25)7-5-16/h4-9H,10-15H2,1-3H3,(H,26,29). The normalized spacial score (nSPS) is 17.9. The van der Waals surface area contributed by atoms with Crippen LogP contribution in [0.3, 0.4) is 0 Å². The summed E-state index contributed by atoms with van der Waals surface area (Å²) >= 11 is 5.88. The van der Waals surface area contributed by atoms with Crippen LogP contribution in [-0.4, -0.2) is 48.1 Å². The minimum atomic E-state index is -1.07. The first-order valence-electron chi connectivity index (χ1n) is 11.0. The van der Waals surface area contributed by atoms with Crippen LogP contribution in [0.15, 0.2) is 41.2 Å². The molecule has 1 N–H and O–H groups in total. The molecular weight excluding hydrogens is 462 g/mol. The second-order valence-corrected chi connectivity index (χ2v) is 12.8. The molecule has 1 saturated carbocycles. The summed E-state index contributed by atoms with van der Waals surface area (Å²) in [5.74, 6) is -0.749. The minimum absolute atomic E-state index is 0.00135. The van der Waals surface area contributed by atoms with Crippen molar-refractivity contribution in [3.63, 3.8) is 0 Å². The first kappa shape index (κ1) is 23.7. The number of carbonyl (C=O) groups is 2. The lowest BCUT2D eigenvalue weighted by Gasteiger charge is -2.34. The maximum atomic E-state index is 13.1. The molecule has 1 fully saturated rings. The fraction of sp³-hybridized carbons (Fsp3) is 0.458. The van der Waals surface area contributed by atoms with Crippen LogP contribution >= 0.6 is 11.6 Å². The Hall–Kier alpha value is -2.45. The molecule has 0 radical (unpaired) electrons. The molecule has 2 heterocycles. The number of rotatable bonds is 6. The number of aromatic nitrogens is 1. The molecule has 2 aliphatic rings. The van der Waals surface area contributed by atoms with Crippen LogP contribution < -0.4 is 10.9 Å². The number of nitrogens with zero attached hydrogens (tertiary/aromatic N) is 2. The van der Waals surface area contributed by atoms with Crippen LogP contribution in [0.5, 0.6) is 0 Å². The van der Waals surface area contributed by atoms with E-state index in [4.69, 9.17) is 11.6 Å². The van der Waals surface area contributed by atoms with E-state index < -0.39 is 22.3 Å². The summed E-state index contributed by atoms with van der Waals surface area (Å²) < 4.78 is 13.7. The Balaban J connectivity index is 1.48. The van der Waals surface area contributed by atoms with Crippen molar-refractivity contribution in [2.75, 3.05) is 13.1 Å². The third-order valence-corrected chi connectivity index (χ3v) is 8.81. The molecule has 1 aromatic carbocycles. The van der Waals surface area contributed by atoms with Gasteiger partial charge in [0, 0.05) is 46.7 Å². The molecule has 1 unspecified atom stereocenters. The summed E-state index contributed by atoms with van der Waals surface area (Å²) in [5.41, 5.74) is 0.645. The molecule has 0 bridgehead atoms. The predicted octanol–water partition coefficient (Wildman–Crippen LogP) is 2.97. The van der Waals surface area contributed by atoms with Gasteiger partial charge in [-0.15, -0.1) is 0 Å². The van der Waals surface area contributed by atoms with E-state index in [0.29, 0.717) is 24.7 Å². The summed E-state index contributed by atoms with van der Waals surface area (Å²) in [5, 5.41) is 3.35. The second-order valence-electron chi connectivity index (χ2n) is 9.69. The summed E-state index contributed by atoms with van der Waals surface area (Å²) in [7, 11) is -1.07. The van der Waals surface area contributed by atoms with Gasteiger partial charge in [0.05, 0.1) is 4.75 Å². The third kappa shape index (κ3) is 4.77.